The fourth-order valence-electron chi connectivity index (χ4n) is 3.57. The molecule has 6 nitrogen and oxygen atoms in total. The van der Waals surface area contributed by atoms with Gasteiger partial charge in [0.25, 0.3) is 5.91 Å². The molecular weight excluding hydrogens is 396 g/mol. The van der Waals surface area contributed by atoms with Crippen molar-refractivity contribution in [1.82, 2.24) is 9.97 Å². The van der Waals surface area contributed by atoms with Crippen LogP contribution in [-0.2, 0) is 4.79 Å². The Morgan fingerprint density at radius 3 is 2.75 bits per heavy atom. The smallest absolute Gasteiger partial charge is 0.266 e. The summed E-state index contributed by atoms with van der Waals surface area (Å²) in [6.45, 7) is 6.35. The Bertz CT molecular complexity index is 1130. The van der Waals surface area contributed by atoms with E-state index in [1.54, 1.807) is 23.1 Å². The molecule has 1 saturated heterocycles. The zero-order valence-electron chi connectivity index (χ0n) is 15.8. The number of hydrogen-bond acceptors (Lipinski definition) is 5. The predicted molar refractivity (Wildman–Crippen MR) is 113 cm³/mol. The number of thiophene rings is 1. The van der Waals surface area contributed by atoms with E-state index in [2.05, 4.69) is 15.3 Å². The average Bonchev–Trinajstić information content (AvgIpc) is 3.20. The predicted octanol–water partition coefficient (Wildman–Crippen LogP) is 4.65. The Morgan fingerprint density at radius 2 is 2.04 bits per heavy atom. The minimum Gasteiger partial charge on any atom is -0.320 e. The summed E-state index contributed by atoms with van der Waals surface area (Å²) >= 11 is 7.64. The molecule has 3 aromatic rings. The monoisotopic (exact) mass is 414 g/mol. The lowest BCUT2D eigenvalue weighted by atomic mass is 10.1. The Morgan fingerprint density at radius 1 is 1.25 bits per heavy atom. The van der Waals surface area contributed by atoms with Crippen molar-refractivity contribution in [2.45, 2.75) is 33.6 Å². The highest BCUT2D eigenvalue weighted by Crippen LogP contribution is 2.34. The largest absolute Gasteiger partial charge is 0.320 e. The average molecular weight is 415 g/mol. The third-order valence-corrected chi connectivity index (χ3v) is 6.39. The zero-order valence-corrected chi connectivity index (χ0v) is 17.4. The minimum atomic E-state index is -0.246. The number of nitrogens with zero attached hydrogens (tertiary/aromatic N) is 3. The topological polar surface area (TPSA) is 75.2 Å². The van der Waals surface area contributed by atoms with Crippen molar-refractivity contribution in [3.8, 4) is 0 Å². The van der Waals surface area contributed by atoms with E-state index < -0.39 is 0 Å². The van der Waals surface area contributed by atoms with Gasteiger partial charge in [-0.05, 0) is 51.0 Å². The van der Waals surface area contributed by atoms with Crippen LogP contribution in [0.2, 0.25) is 5.02 Å². The van der Waals surface area contributed by atoms with Gasteiger partial charge in [-0.1, -0.05) is 11.6 Å². The molecule has 3 heterocycles. The first-order valence-corrected chi connectivity index (χ1v) is 10.2. The maximum Gasteiger partial charge on any atom is 0.266 e. The molecule has 0 spiro atoms. The van der Waals surface area contributed by atoms with Crippen LogP contribution in [0.15, 0.2) is 18.2 Å². The third kappa shape index (κ3) is 3.25. The summed E-state index contributed by atoms with van der Waals surface area (Å²) in [6.07, 6.45) is 1.38. The second-order valence-corrected chi connectivity index (χ2v) is 8.27. The Balaban J connectivity index is 1.67. The van der Waals surface area contributed by atoms with Gasteiger partial charge in [-0.15, -0.1) is 11.3 Å². The van der Waals surface area contributed by atoms with E-state index in [1.807, 2.05) is 20.8 Å². The molecule has 0 aliphatic carbocycles. The highest BCUT2D eigenvalue weighted by Gasteiger charge is 2.23. The van der Waals surface area contributed by atoms with Crippen molar-refractivity contribution in [3.05, 3.63) is 45.2 Å². The van der Waals surface area contributed by atoms with Crippen LogP contribution >= 0.6 is 22.9 Å². The van der Waals surface area contributed by atoms with E-state index >= 15 is 0 Å². The number of rotatable bonds is 3. The first-order valence-electron chi connectivity index (χ1n) is 9.00. The zero-order chi connectivity index (χ0) is 20.0. The molecule has 1 aliphatic heterocycles. The van der Waals surface area contributed by atoms with Gasteiger partial charge in [-0.2, -0.15) is 0 Å². The molecule has 28 heavy (non-hydrogen) atoms. The summed E-state index contributed by atoms with van der Waals surface area (Å²) in [7, 11) is 0. The van der Waals surface area contributed by atoms with Gasteiger partial charge in [0, 0.05) is 29.7 Å². The van der Waals surface area contributed by atoms with Crippen molar-refractivity contribution in [2.75, 3.05) is 16.8 Å². The van der Waals surface area contributed by atoms with Crippen LogP contribution in [0.25, 0.3) is 10.2 Å². The van der Waals surface area contributed by atoms with Gasteiger partial charge in [0.2, 0.25) is 5.91 Å². The molecule has 4 rings (SSSR count). The Hall–Kier alpha value is -2.51. The maximum absolute atomic E-state index is 13.0. The number of anilines is 2. The van der Waals surface area contributed by atoms with Crippen molar-refractivity contribution in [2.24, 2.45) is 0 Å². The summed E-state index contributed by atoms with van der Waals surface area (Å²) < 4.78 is 0. The van der Waals surface area contributed by atoms with Gasteiger partial charge in [0.05, 0.1) is 15.6 Å². The SMILES string of the molecule is Cc1nc(C)c2c(C)c(C(=O)Nc3cc(N4CCCC4=O)ccc3Cl)sc2n1. The minimum absolute atomic E-state index is 0.0874. The van der Waals surface area contributed by atoms with E-state index in [1.165, 1.54) is 11.3 Å². The third-order valence-electron chi connectivity index (χ3n) is 4.87. The Labute approximate surface area is 171 Å². The van der Waals surface area contributed by atoms with Crippen LogP contribution in [-0.4, -0.2) is 28.3 Å². The normalized spacial score (nSPS) is 14.1. The second kappa shape index (κ2) is 7.14. The van der Waals surface area contributed by atoms with Crippen molar-refractivity contribution in [3.63, 3.8) is 0 Å². The summed E-state index contributed by atoms with van der Waals surface area (Å²) in [5, 5.41) is 4.24. The number of fused-ring (bicyclic) bond motifs is 1. The van der Waals surface area contributed by atoms with Crippen molar-refractivity contribution >= 4 is 56.3 Å². The molecule has 1 aliphatic rings. The number of hydrogen-bond donors (Lipinski definition) is 1. The molecule has 2 aromatic heterocycles. The van der Waals surface area contributed by atoms with Crippen LogP contribution in [0.3, 0.4) is 0 Å². The number of halogens is 1. The molecule has 144 valence electrons. The first-order chi connectivity index (χ1) is 13.3. The summed E-state index contributed by atoms with van der Waals surface area (Å²) in [4.78, 5) is 36.9. The van der Waals surface area contributed by atoms with Crippen LogP contribution in [0.1, 0.15) is 39.6 Å². The maximum atomic E-state index is 13.0. The first kappa shape index (κ1) is 18.8. The van der Waals surface area contributed by atoms with Gasteiger partial charge in [-0.25, -0.2) is 9.97 Å². The molecule has 1 N–H and O–H groups in total. The van der Waals surface area contributed by atoms with E-state index in [-0.39, 0.29) is 11.8 Å². The number of carbonyl (C=O) groups excluding carboxylic acids is 2. The van der Waals surface area contributed by atoms with Gasteiger partial charge >= 0.3 is 0 Å². The summed E-state index contributed by atoms with van der Waals surface area (Å²) in [6, 6.07) is 5.25. The van der Waals surface area contributed by atoms with E-state index in [4.69, 9.17) is 11.6 Å². The number of amides is 2. The Kier molecular flexibility index (Phi) is 4.81. The number of carbonyl (C=O) groups is 2. The van der Waals surface area contributed by atoms with Crippen LogP contribution in [0, 0.1) is 20.8 Å². The molecule has 8 heteroatoms. The fraction of sp³-hybridized carbons (Fsp3) is 0.300. The van der Waals surface area contributed by atoms with Gasteiger partial charge in [-0.3, -0.25) is 9.59 Å². The molecule has 0 saturated carbocycles. The van der Waals surface area contributed by atoms with Crippen molar-refractivity contribution < 1.29 is 9.59 Å². The molecule has 1 fully saturated rings. The molecule has 2 amide bonds. The standard InChI is InChI=1S/C20H19ClN4O2S/c1-10-17-11(2)22-12(3)23-20(17)28-18(10)19(27)24-15-9-13(6-7-14(15)21)25-8-4-5-16(25)26/h6-7,9H,4-5,8H2,1-3H3,(H,24,27). The van der Waals surface area contributed by atoms with Crippen LogP contribution in [0.4, 0.5) is 11.4 Å². The van der Waals surface area contributed by atoms with Gasteiger partial charge in [0.15, 0.2) is 0 Å². The summed E-state index contributed by atoms with van der Waals surface area (Å²) in [5.41, 5.74) is 2.95. The lowest BCUT2D eigenvalue weighted by Crippen LogP contribution is -2.23. The quantitative estimate of drug-likeness (QED) is 0.676. The lowest BCUT2D eigenvalue weighted by molar-refractivity contribution is -0.117. The van der Waals surface area contributed by atoms with E-state index in [0.717, 1.165) is 33.6 Å². The number of benzene rings is 1. The fourth-order valence-corrected chi connectivity index (χ4v) is 4.91. The number of nitrogens with one attached hydrogen (secondary N) is 1. The van der Waals surface area contributed by atoms with Gasteiger partial charge in [0.1, 0.15) is 10.7 Å². The number of aromatic nitrogens is 2. The molecule has 0 unspecified atom stereocenters. The lowest BCUT2D eigenvalue weighted by Gasteiger charge is -2.17. The molecule has 0 bridgehead atoms. The number of aryl methyl sites for hydroxylation is 3. The highest BCUT2D eigenvalue weighted by atomic mass is 35.5. The highest BCUT2D eigenvalue weighted by molar-refractivity contribution is 7.20. The van der Waals surface area contributed by atoms with Crippen LogP contribution < -0.4 is 10.2 Å². The molecule has 0 atom stereocenters. The summed E-state index contributed by atoms with van der Waals surface area (Å²) in [5.74, 6) is 0.526. The van der Waals surface area contributed by atoms with E-state index in [9.17, 15) is 9.59 Å². The van der Waals surface area contributed by atoms with Gasteiger partial charge < -0.3 is 10.2 Å². The van der Waals surface area contributed by atoms with Crippen LogP contribution in [0.5, 0.6) is 0 Å². The second-order valence-electron chi connectivity index (χ2n) is 6.86. The van der Waals surface area contributed by atoms with Crippen molar-refractivity contribution in [1.29, 1.82) is 0 Å². The molecule has 0 radical (unpaired) electrons. The van der Waals surface area contributed by atoms with E-state index in [0.29, 0.717) is 34.4 Å². The molecule has 1 aromatic carbocycles. The molecular formula is C20H19ClN4O2S.